The first-order valence-corrected chi connectivity index (χ1v) is 6.55. The van der Waals surface area contributed by atoms with E-state index in [1.807, 2.05) is 0 Å². The second-order valence-corrected chi connectivity index (χ2v) is 5.17. The quantitative estimate of drug-likeness (QED) is 0.856. The Morgan fingerprint density at radius 2 is 2.11 bits per heavy atom. The number of Topliss-reactive ketones (excluding diaryl/α,β-unsaturated/α-hetero) is 1. The first kappa shape index (κ1) is 12.6. The third kappa shape index (κ3) is 2.13. The summed E-state index contributed by atoms with van der Waals surface area (Å²) in [6.07, 6.45) is 2.26. The molecule has 1 saturated carbocycles. The number of hydrogen-bond donors (Lipinski definition) is 1. The third-order valence-corrected chi connectivity index (χ3v) is 3.67. The van der Waals surface area contributed by atoms with Crippen molar-refractivity contribution in [1.82, 2.24) is 5.32 Å². The summed E-state index contributed by atoms with van der Waals surface area (Å²) in [4.78, 5) is 24.9. The molecule has 1 aromatic rings. The molecule has 1 aromatic carbocycles. The second-order valence-electron chi connectivity index (χ2n) is 4.77. The van der Waals surface area contributed by atoms with Crippen LogP contribution in [0.5, 0.6) is 0 Å². The molecule has 0 aromatic heterocycles. The van der Waals surface area contributed by atoms with Crippen LogP contribution in [0.3, 0.4) is 0 Å². The summed E-state index contributed by atoms with van der Waals surface area (Å²) in [5, 5.41) is 3.34. The van der Waals surface area contributed by atoms with E-state index in [0.717, 1.165) is 12.8 Å². The summed E-state index contributed by atoms with van der Waals surface area (Å²) in [7, 11) is 0. The number of ketones is 1. The van der Waals surface area contributed by atoms with Gasteiger partial charge < -0.3 is 10.2 Å². The number of halogens is 2. The number of fused-ring (bicyclic) bond motifs is 1. The molecule has 1 N–H and O–H groups in total. The van der Waals surface area contributed by atoms with E-state index in [4.69, 9.17) is 11.6 Å². The number of anilines is 1. The van der Waals surface area contributed by atoms with Crippen molar-refractivity contribution in [2.45, 2.75) is 18.9 Å². The van der Waals surface area contributed by atoms with Gasteiger partial charge in [0.1, 0.15) is 5.82 Å². The zero-order valence-corrected chi connectivity index (χ0v) is 10.8. The van der Waals surface area contributed by atoms with Crippen LogP contribution in [-0.2, 0) is 4.79 Å². The Bertz CT molecular complexity index is 572. The van der Waals surface area contributed by atoms with E-state index < -0.39 is 17.5 Å². The highest BCUT2D eigenvalue weighted by molar-refractivity contribution is 6.55. The number of carbonyl (C=O) groups is 2. The maximum Gasteiger partial charge on any atom is 0.299 e. The minimum absolute atomic E-state index is 0.0140. The highest BCUT2D eigenvalue weighted by Crippen LogP contribution is 2.36. The van der Waals surface area contributed by atoms with Gasteiger partial charge in [-0.05, 0) is 25.0 Å². The molecule has 0 bridgehead atoms. The SMILES string of the molecule is O=C1C(=O)N(CCNC2CC2)c2c(F)ccc(Cl)c21. The molecule has 1 amide bonds. The summed E-state index contributed by atoms with van der Waals surface area (Å²) in [6.45, 7) is 0.806. The largest absolute Gasteiger partial charge is 0.312 e. The Labute approximate surface area is 114 Å². The molecule has 1 aliphatic heterocycles. The van der Waals surface area contributed by atoms with Gasteiger partial charge in [0.15, 0.2) is 0 Å². The standard InChI is InChI=1S/C13H12ClFN2O2/c14-8-3-4-9(15)11-10(8)12(18)13(19)17(11)6-5-16-7-1-2-7/h3-4,7,16H,1-2,5-6H2. The van der Waals surface area contributed by atoms with Gasteiger partial charge in [0.25, 0.3) is 11.7 Å². The fraction of sp³-hybridized carbons (Fsp3) is 0.385. The highest BCUT2D eigenvalue weighted by atomic mass is 35.5. The fourth-order valence-corrected chi connectivity index (χ4v) is 2.47. The van der Waals surface area contributed by atoms with E-state index >= 15 is 0 Å². The van der Waals surface area contributed by atoms with Crippen LogP contribution in [0.4, 0.5) is 10.1 Å². The summed E-state index contributed by atoms with van der Waals surface area (Å²) < 4.78 is 13.8. The fourth-order valence-electron chi connectivity index (χ4n) is 2.23. The van der Waals surface area contributed by atoms with E-state index in [2.05, 4.69) is 5.32 Å². The number of rotatable bonds is 4. The van der Waals surface area contributed by atoms with Crippen molar-refractivity contribution in [3.8, 4) is 0 Å². The summed E-state index contributed by atoms with van der Waals surface area (Å²) in [5.41, 5.74) is -0.00168. The zero-order chi connectivity index (χ0) is 13.6. The maximum absolute atomic E-state index is 13.8. The zero-order valence-electron chi connectivity index (χ0n) is 10.1. The van der Waals surface area contributed by atoms with Gasteiger partial charge in [-0.1, -0.05) is 11.6 Å². The Kier molecular flexibility index (Phi) is 3.03. The van der Waals surface area contributed by atoms with Gasteiger partial charge in [-0.3, -0.25) is 9.59 Å². The Morgan fingerprint density at radius 1 is 1.37 bits per heavy atom. The molecule has 0 unspecified atom stereocenters. The van der Waals surface area contributed by atoms with Gasteiger partial charge in [0.05, 0.1) is 16.3 Å². The van der Waals surface area contributed by atoms with Crippen molar-refractivity contribution in [3.63, 3.8) is 0 Å². The van der Waals surface area contributed by atoms with Gasteiger partial charge >= 0.3 is 0 Å². The average Bonchev–Trinajstić information content (AvgIpc) is 3.16. The van der Waals surface area contributed by atoms with Crippen LogP contribution in [0.15, 0.2) is 12.1 Å². The predicted octanol–water partition coefficient (Wildman–Crippen LogP) is 1.76. The molecule has 100 valence electrons. The number of carbonyl (C=O) groups excluding carboxylic acids is 2. The monoisotopic (exact) mass is 282 g/mol. The molecular formula is C13H12ClFN2O2. The van der Waals surface area contributed by atoms with E-state index in [-0.39, 0.29) is 22.8 Å². The van der Waals surface area contributed by atoms with E-state index in [0.29, 0.717) is 12.6 Å². The normalized spacial score (nSPS) is 18.1. The first-order chi connectivity index (χ1) is 9.09. The van der Waals surface area contributed by atoms with Crippen molar-refractivity contribution >= 4 is 29.0 Å². The van der Waals surface area contributed by atoms with Gasteiger partial charge in [-0.15, -0.1) is 0 Å². The second kappa shape index (κ2) is 4.58. The van der Waals surface area contributed by atoms with Crippen LogP contribution in [0.2, 0.25) is 5.02 Å². The average molecular weight is 283 g/mol. The van der Waals surface area contributed by atoms with Gasteiger partial charge in [-0.25, -0.2) is 4.39 Å². The molecule has 19 heavy (non-hydrogen) atoms. The van der Waals surface area contributed by atoms with Crippen molar-refractivity contribution in [2.75, 3.05) is 18.0 Å². The first-order valence-electron chi connectivity index (χ1n) is 6.17. The van der Waals surface area contributed by atoms with E-state index in [1.54, 1.807) is 0 Å². The van der Waals surface area contributed by atoms with Crippen LogP contribution >= 0.6 is 11.6 Å². The molecule has 0 atom stereocenters. The molecule has 4 nitrogen and oxygen atoms in total. The van der Waals surface area contributed by atoms with Crippen molar-refractivity contribution < 1.29 is 14.0 Å². The smallest absolute Gasteiger partial charge is 0.299 e. The van der Waals surface area contributed by atoms with Crippen LogP contribution in [0, 0.1) is 5.82 Å². The minimum Gasteiger partial charge on any atom is -0.312 e. The molecule has 2 aliphatic rings. The van der Waals surface area contributed by atoms with Crippen molar-refractivity contribution in [1.29, 1.82) is 0 Å². The Hall–Kier alpha value is -1.46. The minimum atomic E-state index is -0.731. The van der Waals surface area contributed by atoms with Gasteiger partial charge in [0.2, 0.25) is 0 Å². The lowest BCUT2D eigenvalue weighted by Crippen LogP contribution is -2.36. The lowest BCUT2D eigenvalue weighted by molar-refractivity contribution is -0.114. The number of hydrogen-bond acceptors (Lipinski definition) is 3. The number of amides is 1. The van der Waals surface area contributed by atoms with E-state index in [9.17, 15) is 14.0 Å². The molecule has 1 fully saturated rings. The lowest BCUT2D eigenvalue weighted by atomic mass is 10.1. The maximum atomic E-state index is 13.8. The van der Waals surface area contributed by atoms with Crippen LogP contribution in [0.1, 0.15) is 23.2 Å². The number of nitrogens with one attached hydrogen (secondary N) is 1. The molecule has 3 rings (SSSR count). The molecule has 0 saturated heterocycles. The number of benzene rings is 1. The summed E-state index contributed by atoms with van der Waals surface area (Å²) >= 11 is 5.88. The van der Waals surface area contributed by atoms with E-state index in [1.165, 1.54) is 17.0 Å². The summed E-state index contributed by atoms with van der Waals surface area (Å²) in [6, 6.07) is 2.97. The third-order valence-electron chi connectivity index (χ3n) is 3.36. The summed E-state index contributed by atoms with van der Waals surface area (Å²) in [5.74, 6) is -2.03. The molecule has 1 heterocycles. The Balaban J connectivity index is 1.87. The number of nitrogens with zero attached hydrogens (tertiary/aromatic N) is 1. The molecule has 0 spiro atoms. The predicted molar refractivity (Wildman–Crippen MR) is 69.1 cm³/mol. The van der Waals surface area contributed by atoms with Crippen molar-refractivity contribution in [2.24, 2.45) is 0 Å². The van der Waals surface area contributed by atoms with Gasteiger partial charge in [-0.2, -0.15) is 0 Å². The highest BCUT2D eigenvalue weighted by Gasteiger charge is 2.39. The van der Waals surface area contributed by atoms with Crippen LogP contribution in [0.25, 0.3) is 0 Å². The van der Waals surface area contributed by atoms with Crippen LogP contribution < -0.4 is 10.2 Å². The molecule has 1 aliphatic carbocycles. The topological polar surface area (TPSA) is 49.4 Å². The van der Waals surface area contributed by atoms with Gasteiger partial charge in [0, 0.05) is 19.1 Å². The molecule has 0 radical (unpaired) electrons. The van der Waals surface area contributed by atoms with Crippen molar-refractivity contribution in [3.05, 3.63) is 28.5 Å². The molecular weight excluding hydrogens is 271 g/mol. The van der Waals surface area contributed by atoms with Crippen LogP contribution in [-0.4, -0.2) is 30.8 Å². The lowest BCUT2D eigenvalue weighted by Gasteiger charge is -2.17. The Morgan fingerprint density at radius 3 is 2.79 bits per heavy atom. The molecule has 6 heteroatoms.